The van der Waals surface area contributed by atoms with Gasteiger partial charge in [0, 0.05) is 0 Å². The second kappa shape index (κ2) is 6.02. The van der Waals surface area contributed by atoms with Crippen molar-refractivity contribution in [2.24, 2.45) is 0 Å². The largest absolute Gasteiger partial charge is 0.392 e. The highest BCUT2D eigenvalue weighted by Crippen LogP contribution is 2.12. The van der Waals surface area contributed by atoms with Crippen molar-refractivity contribution < 1.29 is 5.11 Å². The Labute approximate surface area is 102 Å². The summed E-state index contributed by atoms with van der Waals surface area (Å²) in [5.74, 6) is 0. The van der Waals surface area contributed by atoms with Crippen LogP contribution in [0.4, 0.5) is 0 Å². The lowest BCUT2D eigenvalue weighted by Gasteiger charge is -2.03. The van der Waals surface area contributed by atoms with Crippen LogP contribution in [0.5, 0.6) is 0 Å². The highest BCUT2D eigenvalue weighted by Gasteiger charge is 1.96. The fraction of sp³-hybridized carbons (Fsp3) is 0.125. The second-order valence-corrected chi connectivity index (χ2v) is 3.99. The van der Waals surface area contributed by atoms with Crippen LogP contribution >= 0.6 is 0 Å². The van der Waals surface area contributed by atoms with Crippen molar-refractivity contribution in [2.45, 2.75) is 6.42 Å². The van der Waals surface area contributed by atoms with Crippen LogP contribution in [-0.2, 0) is 6.42 Å². The SMILES string of the molecule is OC/C=C/c1cccc(Cc2ccccc2)c1. The summed E-state index contributed by atoms with van der Waals surface area (Å²) in [7, 11) is 0. The summed E-state index contributed by atoms with van der Waals surface area (Å²) in [5.41, 5.74) is 3.74. The molecule has 1 nitrogen and oxygen atoms in total. The van der Waals surface area contributed by atoms with Crippen LogP contribution < -0.4 is 0 Å². The summed E-state index contributed by atoms with van der Waals surface area (Å²) in [5, 5.41) is 8.75. The smallest absolute Gasteiger partial charge is 0.0615 e. The minimum absolute atomic E-state index is 0.0862. The molecule has 17 heavy (non-hydrogen) atoms. The third-order valence-corrected chi connectivity index (χ3v) is 2.62. The number of aliphatic hydroxyl groups excluding tert-OH is 1. The zero-order chi connectivity index (χ0) is 11.9. The Kier molecular flexibility index (Phi) is 4.11. The van der Waals surface area contributed by atoms with Gasteiger partial charge in [0.15, 0.2) is 0 Å². The maximum absolute atomic E-state index is 8.75. The fourth-order valence-electron chi connectivity index (χ4n) is 1.83. The lowest BCUT2D eigenvalue weighted by molar-refractivity contribution is 0.343. The molecule has 0 saturated heterocycles. The zero-order valence-corrected chi connectivity index (χ0v) is 9.71. The van der Waals surface area contributed by atoms with E-state index in [-0.39, 0.29) is 6.61 Å². The predicted molar refractivity (Wildman–Crippen MR) is 71.8 cm³/mol. The number of aliphatic hydroxyl groups is 1. The molecule has 0 spiro atoms. The predicted octanol–water partition coefficient (Wildman–Crippen LogP) is 3.28. The van der Waals surface area contributed by atoms with E-state index in [1.165, 1.54) is 11.1 Å². The van der Waals surface area contributed by atoms with E-state index in [2.05, 4.69) is 42.5 Å². The van der Waals surface area contributed by atoms with E-state index in [0.29, 0.717) is 0 Å². The molecule has 0 aromatic heterocycles. The van der Waals surface area contributed by atoms with Gasteiger partial charge >= 0.3 is 0 Å². The van der Waals surface area contributed by atoms with Gasteiger partial charge in [0.1, 0.15) is 0 Å². The molecule has 2 rings (SSSR count). The normalized spacial score (nSPS) is 10.9. The van der Waals surface area contributed by atoms with Crippen LogP contribution in [0.15, 0.2) is 60.7 Å². The van der Waals surface area contributed by atoms with Gasteiger partial charge in [-0.2, -0.15) is 0 Å². The molecule has 0 aliphatic rings. The van der Waals surface area contributed by atoms with Crippen molar-refractivity contribution in [1.29, 1.82) is 0 Å². The van der Waals surface area contributed by atoms with E-state index in [0.717, 1.165) is 12.0 Å². The molecule has 0 atom stereocenters. The first kappa shape index (κ1) is 11.6. The summed E-state index contributed by atoms with van der Waals surface area (Å²) in [6, 6.07) is 18.8. The molecular formula is C16H16O. The zero-order valence-electron chi connectivity index (χ0n) is 9.71. The number of benzene rings is 2. The average molecular weight is 224 g/mol. The number of rotatable bonds is 4. The molecular weight excluding hydrogens is 208 g/mol. The van der Waals surface area contributed by atoms with Crippen LogP contribution in [0, 0.1) is 0 Å². The second-order valence-electron chi connectivity index (χ2n) is 3.99. The molecule has 1 N–H and O–H groups in total. The van der Waals surface area contributed by atoms with E-state index in [1.54, 1.807) is 6.08 Å². The molecule has 0 unspecified atom stereocenters. The minimum atomic E-state index is 0.0862. The highest BCUT2D eigenvalue weighted by atomic mass is 16.2. The molecule has 2 aromatic carbocycles. The Morgan fingerprint density at radius 1 is 0.882 bits per heavy atom. The van der Waals surface area contributed by atoms with Gasteiger partial charge in [0.25, 0.3) is 0 Å². The van der Waals surface area contributed by atoms with Gasteiger partial charge in [0.2, 0.25) is 0 Å². The van der Waals surface area contributed by atoms with Crippen molar-refractivity contribution in [2.75, 3.05) is 6.61 Å². The first-order chi connectivity index (χ1) is 8.38. The lowest BCUT2D eigenvalue weighted by atomic mass is 10.0. The van der Waals surface area contributed by atoms with Gasteiger partial charge in [-0.15, -0.1) is 0 Å². The average Bonchev–Trinajstić information content (AvgIpc) is 2.38. The van der Waals surface area contributed by atoms with Gasteiger partial charge in [-0.1, -0.05) is 66.7 Å². The van der Waals surface area contributed by atoms with Crippen molar-refractivity contribution in [1.82, 2.24) is 0 Å². The third-order valence-electron chi connectivity index (χ3n) is 2.62. The molecule has 0 amide bonds. The summed E-state index contributed by atoms with van der Waals surface area (Å²) < 4.78 is 0. The maximum Gasteiger partial charge on any atom is 0.0615 e. The van der Waals surface area contributed by atoms with Gasteiger partial charge in [-0.05, 0) is 23.1 Å². The Morgan fingerprint density at radius 3 is 2.41 bits per heavy atom. The van der Waals surface area contributed by atoms with E-state index in [4.69, 9.17) is 5.11 Å². The lowest BCUT2D eigenvalue weighted by Crippen LogP contribution is -1.88. The standard InChI is InChI=1S/C16H16O/c17-11-5-10-15-8-4-9-16(13-15)12-14-6-2-1-3-7-14/h1-10,13,17H,11-12H2/b10-5+. The van der Waals surface area contributed by atoms with E-state index in [1.807, 2.05) is 18.2 Å². The molecule has 0 bridgehead atoms. The molecule has 0 fully saturated rings. The van der Waals surface area contributed by atoms with E-state index < -0.39 is 0 Å². The Hall–Kier alpha value is -1.86. The van der Waals surface area contributed by atoms with E-state index >= 15 is 0 Å². The molecule has 0 aliphatic heterocycles. The summed E-state index contributed by atoms with van der Waals surface area (Å²) in [6.07, 6.45) is 4.64. The third kappa shape index (κ3) is 3.58. The molecule has 0 saturated carbocycles. The van der Waals surface area contributed by atoms with Crippen molar-refractivity contribution in [3.63, 3.8) is 0 Å². The van der Waals surface area contributed by atoms with Gasteiger partial charge < -0.3 is 5.11 Å². The molecule has 2 aromatic rings. The molecule has 0 aliphatic carbocycles. The molecule has 0 heterocycles. The summed E-state index contributed by atoms with van der Waals surface area (Å²) >= 11 is 0. The monoisotopic (exact) mass is 224 g/mol. The topological polar surface area (TPSA) is 20.2 Å². The molecule has 1 heteroatoms. The van der Waals surface area contributed by atoms with Crippen LogP contribution in [-0.4, -0.2) is 11.7 Å². The number of hydrogen-bond acceptors (Lipinski definition) is 1. The summed E-state index contributed by atoms with van der Waals surface area (Å²) in [6.45, 7) is 0.0862. The van der Waals surface area contributed by atoms with Gasteiger partial charge in [-0.25, -0.2) is 0 Å². The molecule has 0 radical (unpaired) electrons. The Morgan fingerprint density at radius 2 is 1.65 bits per heavy atom. The summed E-state index contributed by atoms with van der Waals surface area (Å²) in [4.78, 5) is 0. The first-order valence-corrected chi connectivity index (χ1v) is 5.79. The molecule has 86 valence electrons. The minimum Gasteiger partial charge on any atom is -0.392 e. The van der Waals surface area contributed by atoms with Crippen LogP contribution in [0.3, 0.4) is 0 Å². The van der Waals surface area contributed by atoms with Crippen molar-refractivity contribution in [3.05, 3.63) is 77.4 Å². The maximum atomic E-state index is 8.75. The highest BCUT2D eigenvalue weighted by molar-refractivity contribution is 5.50. The number of hydrogen-bond donors (Lipinski definition) is 1. The van der Waals surface area contributed by atoms with Crippen molar-refractivity contribution in [3.8, 4) is 0 Å². The first-order valence-electron chi connectivity index (χ1n) is 5.79. The van der Waals surface area contributed by atoms with Gasteiger partial charge in [0.05, 0.1) is 6.61 Å². The van der Waals surface area contributed by atoms with E-state index in [9.17, 15) is 0 Å². The fourth-order valence-corrected chi connectivity index (χ4v) is 1.83. The Balaban J connectivity index is 2.14. The Bertz CT molecular complexity index is 486. The van der Waals surface area contributed by atoms with Crippen LogP contribution in [0.2, 0.25) is 0 Å². The van der Waals surface area contributed by atoms with Crippen LogP contribution in [0.1, 0.15) is 16.7 Å². The quantitative estimate of drug-likeness (QED) is 0.845. The van der Waals surface area contributed by atoms with Crippen molar-refractivity contribution >= 4 is 6.08 Å². The van der Waals surface area contributed by atoms with Gasteiger partial charge in [-0.3, -0.25) is 0 Å². The van der Waals surface area contributed by atoms with Crippen LogP contribution in [0.25, 0.3) is 6.08 Å².